The summed E-state index contributed by atoms with van der Waals surface area (Å²) < 4.78 is 0. The summed E-state index contributed by atoms with van der Waals surface area (Å²) in [5, 5.41) is 4.53. The number of benzene rings is 1. The first kappa shape index (κ1) is 18.9. The molecule has 1 N–H and O–H groups in total. The van der Waals surface area contributed by atoms with Crippen LogP contribution in [0.2, 0.25) is 0 Å². The van der Waals surface area contributed by atoms with E-state index in [4.69, 9.17) is 0 Å². The van der Waals surface area contributed by atoms with Crippen molar-refractivity contribution in [3.63, 3.8) is 0 Å². The Morgan fingerprint density at radius 1 is 1.09 bits per heavy atom. The zero-order chi connectivity index (χ0) is 16.8. The van der Waals surface area contributed by atoms with Gasteiger partial charge in [0.2, 0.25) is 0 Å². The van der Waals surface area contributed by atoms with Crippen molar-refractivity contribution in [1.29, 1.82) is 0 Å². The van der Waals surface area contributed by atoms with Crippen molar-refractivity contribution in [2.75, 3.05) is 6.26 Å². The minimum absolute atomic E-state index is 0.621. The molecule has 1 saturated heterocycles. The molecule has 0 bridgehead atoms. The largest absolute Gasteiger partial charge is 0.302 e. The fourth-order valence-electron chi connectivity index (χ4n) is 3.67. The number of hydrogen-bond acceptors (Lipinski definition) is 2. The molecule has 4 atom stereocenters. The van der Waals surface area contributed by atoms with Crippen molar-refractivity contribution in [3.05, 3.63) is 35.4 Å². The number of nitrogens with one attached hydrogen (secondary N) is 1. The summed E-state index contributed by atoms with van der Waals surface area (Å²) in [6.45, 7) is 9.40. The Bertz CT molecular complexity index is 471. The fraction of sp³-hybridized carbons (Fsp3) is 0.714. The van der Waals surface area contributed by atoms with Gasteiger partial charge in [0.15, 0.2) is 0 Å². The lowest BCUT2D eigenvalue weighted by Gasteiger charge is -2.34. The second-order valence-electron chi connectivity index (χ2n) is 7.71. The number of thioether (sulfide) groups is 1. The SMILES string of the molecule is CSC1CCCC(C(C)CCC(C)c2cccc(C(C)C)c2)N1. The molecule has 0 radical (unpaired) electrons. The topological polar surface area (TPSA) is 12.0 Å². The van der Waals surface area contributed by atoms with E-state index in [2.05, 4.69) is 63.5 Å². The van der Waals surface area contributed by atoms with Gasteiger partial charge >= 0.3 is 0 Å². The molecule has 23 heavy (non-hydrogen) atoms. The minimum atomic E-state index is 0.621. The van der Waals surface area contributed by atoms with Gasteiger partial charge < -0.3 is 5.32 Å². The average molecular weight is 334 g/mol. The smallest absolute Gasteiger partial charge is 0.0531 e. The number of hydrogen-bond donors (Lipinski definition) is 1. The van der Waals surface area contributed by atoms with E-state index in [-0.39, 0.29) is 0 Å². The van der Waals surface area contributed by atoms with Gasteiger partial charge in [-0.2, -0.15) is 0 Å². The zero-order valence-corrected chi connectivity index (χ0v) is 16.5. The highest BCUT2D eigenvalue weighted by Crippen LogP contribution is 2.29. The minimum Gasteiger partial charge on any atom is -0.302 e. The monoisotopic (exact) mass is 333 g/mol. The molecule has 0 aliphatic carbocycles. The van der Waals surface area contributed by atoms with Crippen molar-refractivity contribution in [3.8, 4) is 0 Å². The fourth-order valence-corrected chi connectivity index (χ4v) is 4.38. The van der Waals surface area contributed by atoms with E-state index in [0.717, 1.165) is 12.0 Å². The van der Waals surface area contributed by atoms with Crippen LogP contribution < -0.4 is 5.32 Å². The third kappa shape index (κ3) is 5.53. The summed E-state index contributed by atoms with van der Waals surface area (Å²) in [5.41, 5.74) is 2.99. The third-order valence-corrected chi connectivity index (χ3v) is 6.50. The Hall–Kier alpha value is -0.470. The lowest BCUT2D eigenvalue weighted by atomic mass is 9.85. The van der Waals surface area contributed by atoms with Crippen molar-refractivity contribution >= 4 is 11.8 Å². The lowest BCUT2D eigenvalue weighted by Crippen LogP contribution is -2.44. The molecule has 0 amide bonds. The molecule has 2 heteroatoms. The van der Waals surface area contributed by atoms with Gasteiger partial charge in [-0.15, -0.1) is 11.8 Å². The van der Waals surface area contributed by atoms with Gasteiger partial charge in [-0.25, -0.2) is 0 Å². The second-order valence-corrected chi connectivity index (χ2v) is 8.75. The molecule has 0 spiro atoms. The average Bonchev–Trinajstić information content (AvgIpc) is 2.59. The molecule has 1 aromatic rings. The molecule has 1 aromatic carbocycles. The van der Waals surface area contributed by atoms with Gasteiger partial charge in [0.05, 0.1) is 5.37 Å². The summed E-state index contributed by atoms with van der Waals surface area (Å²) in [4.78, 5) is 0. The van der Waals surface area contributed by atoms with Gasteiger partial charge in [0.25, 0.3) is 0 Å². The van der Waals surface area contributed by atoms with Crippen LogP contribution >= 0.6 is 11.8 Å². The third-order valence-electron chi connectivity index (χ3n) is 5.55. The predicted octanol–water partition coefficient (Wildman–Crippen LogP) is 6.16. The highest BCUT2D eigenvalue weighted by Gasteiger charge is 2.24. The Morgan fingerprint density at radius 2 is 1.83 bits per heavy atom. The quantitative estimate of drug-likeness (QED) is 0.641. The molecular weight excluding hydrogens is 298 g/mol. The summed E-state index contributed by atoms with van der Waals surface area (Å²) >= 11 is 1.98. The highest BCUT2D eigenvalue weighted by atomic mass is 32.2. The molecule has 0 aromatic heterocycles. The van der Waals surface area contributed by atoms with Gasteiger partial charge in [-0.05, 0) is 67.2 Å². The van der Waals surface area contributed by atoms with Crippen LogP contribution in [0.5, 0.6) is 0 Å². The van der Waals surface area contributed by atoms with Gasteiger partial charge in [0.1, 0.15) is 0 Å². The summed E-state index contributed by atoms with van der Waals surface area (Å²) in [7, 11) is 0. The Morgan fingerprint density at radius 3 is 2.52 bits per heavy atom. The molecule has 2 rings (SSSR count). The molecule has 4 unspecified atom stereocenters. The molecule has 1 fully saturated rings. The van der Waals surface area contributed by atoms with Crippen LogP contribution in [0.25, 0.3) is 0 Å². The van der Waals surface area contributed by atoms with Gasteiger partial charge in [-0.3, -0.25) is 0 Å². The Balaban J connectivity index is 1.86. The van der Waals surface area contributed by atoms with E-state index < -0.39 is 0 Å². The van der Waals surface area contributed by atoms with E-state index in [1.807, 2.05) is 11.8 Å². The molecular formula is C21H35NS. The highest BCUT2D eigenvalue weighted by molar-refractivity contribution is 7.99. The van der Waals surface area contributed by atoms with Crippen LogP contribution in [-0.2, 0) is 0 Å². The van der Waals surface area contributed by atoms with Crippen LogP contribution in [0.15, 0.2) is 24.3 Å². The first-order valence-corrected chi connectivity index (χ1v) is 10.7. The normalized spacial score (nSPS) is 24.6. The first-order chi connectivity index (χ1) is 11.0. The molecule has 1 heterocycles. The molecule has 1 nitrogen and oxygen atoms in total. The molecule has 1 aliphatic rings. The van der Waals surface area contributed by atoms with Crippen LogP contribution in [-0.4, -0.2) is 17.7 Å². The van der Waals surface area contributed by atoms with Crippen molar-refractivity contribution < 1.29 is 0 Å². The van der Waals surface area contributed by atoms with Crippen molar-refractivity contribution in [2.24, 2.45) is 5.92 Å². The second kappa shape index (κ2) is 9.13. The van der Waals surface area contributed by atoms with Gasteiger partial charge in [0, 0.05) is 6.04 Å². The number of piperidine rings is 1. The Labute approximate surface area is 148 Å². The van der Waals surface area contributed by atoms with E-state index >= 15 is 0 Å². The van der Waals surface area contributed by atoms with E-state index in [0.29, 0.717) is 17.2 Å². The number of rotatable bonds is 7. The van der Waals surface area contributed by atoms with Crippen LogP contribution in [0, 0.1) is 5.92 Å². The maximum absolute atomic E-state index is 3.85. The van der Waals surface area contributed by atoms with Crippen LogP contribution in [0.1, 0.15) is 82.8 Å². The van der Waals surface area contributed by atoms with Crippen molar-refractivity contribution in [2.45, 2.75) is 83.1 Å². The maximum Gasteiger partial charge on any atom is 0.0531 e. The zero-order valence-electron chi connectivity index (χ0n) is 15.6. The summed E-state index contributed by atoms with van der Waals surface area (Å²) in [6, 6.07) is 9.94. The lowest BCUT2D eigenvalue weighted by molar-refractivity contribution is 0.279. The summed E-state index contributed by atoms with van der Waals surface area (Å²) in [5.74, 6) is 2.06. The van der Waals surface area contributed by atoms with E-state index in [9.17, 15) is 0 Å². The Kier molecular flexibility index (Phi) is 7.49. The standard InChI is InChI=1S/C21H35NS/c1-15(2)18-8-6-9-19(14-18)16(3)12-13-17(4)20-10-7-11-21(22-20)23-5/h6,8-9,14-17,20-22H,7,10-13H2,1-5H3. The first-order valence-electron chi connectivity index (χ1n) is 9.40. The van der Waals surface area contributed by atoms with Crippen LogP contribution in [0.4, 0.5) is 0 Å². The van der Waals surface area contributed by atoms with E-state index in [1.165, 1.54) is 43.2 Å². The molecule has 1 aliphatic heterocycles. The van der Waals surface area contributed by atoms with Crippen molar-refractivity contribution in [1.82, 2.24) is 5.32 Å². The summed E-state index contributed by atoms with van der Waals surface area (Å²) in [6.07, 6.45) is 8.93. The predicted molar refractivity (Wildman–Crippen MR) is 105 cm³/mol. The van der Waals surface area contributed by atoms with Gasteiger partial charge in [-0.1, -0.05) is 52.0 Å². The van der Waals surface area contributed by atoms with E-state index in [1.54, 1.807) is 0 Å². The molecule has 0 saturated carbocycles. The van der Waals surface area contributed by atoms with Crippen LogP contribution in [0.3, 0.4) is 0 Å². The maximum atomic E-state index is 3.85. The molecule has 130 valence electrons.